The molecule has 0 aromatic heterocycles. The Morgan fingerprint density at radius 2 is 1.96 bits per heavy atom. The van der Waals surface area contributed by atoms with Crippen LogP contribution in [0.4, 0.5) is 0 Å². The van der Waals surface area contributed by atoms with Gasteiger partial charge in [-0.25, -0.2) is 0 Å². The molecule has 0 radical (unpaired) electrons. The molecule has 23 heavy (non-hydrogen) atoms. The van der Waals surface area contributed by atoms with Crippen molar-refractivity contribution in [3.05, 3.63) is 35.4 Å². The van der Waals surface area contributed by atoms with Crippen LogP contribution in [0.2, 0.25) is 0 Å². The van der Waals surface area contributed by atoms with Gasteiger partial charge in [-0.2, -0.15) is 0 Å². The van der Waals surface area contributed by atoms with Gasteiger partial charge in [0, 0.05) is 13.1 Å². The van der Waals surface area contributed by atoms with Gasteiger partial charge < -0.3 is 10.6 Å². The fourth-order valence-electron chi connectivity index (χ4n) is 4.20. The first kappa shape index (κ1) is 16.0. The third-order valence-electron chi connectivity index (χ3n) is 5.56. The summed E-state index contributed by atoms with van der Waals surface area (Å²) < 4.78 is 0. The lowest BCUT2D eigenvalue weighted by molar-refractivity contribution is -0.138. The van der Waals surface area contributed by atoms with E-state index in [4.69, 9.17) is 5.73 Å². The minimum Gasteiger partial charge on any atom is -0.369 e. The highest BCUT2D eigenvalue weighted by atomic mass is 16.2. The van der Waals surface area contributed by atoms with Crippen molar-refractivity contribution in [2.45, 2.75) is 50.9 Å². The van der Waals surface area contributed by atoms with E-state index in [1.807, 2.05) is 11.0 Å². The van der Waals surface area contributed by atoms with Crippen LogP contribution in [0.1, 0.15) is 49.7 Å². The summed E-state index contributed by atoms with van der Waals surface area (Å²) in [5.41, 5.74) is 7.35. The summed E-state index contributed by atoms with van der Waals surface area (Å²) in [5, 5.41) is 0. The summed E-state index contributed by atoms with van der Waals surface area (Å²) in [6.07, 6.45) is 5.90. The predicted molar refractivity (Wildman–Crippen MR) is 89.8 cm³/mol. The lowest BCUT2D eigenvalue weighted by Gasteiger charge is -2.39. The first-order valence-corrected chi connectivity index (χ1v) is 8.69. The Morgan fingerprint density at radius 3 is 2.57 bits per heavy atom. The zero-order valence-electron chi connectivity index (χ0n) is 13.9. The largest absolute Gasteiger partial charge is 0.369 e. The number of amides is 2. The molecular weight excluding hydrogens is 288 g/mol. The van der Waals surface area contributed by atoms with Crippen molar-refractivity contribution in [2.24, 2.45) is 11.7 Å². The second-order valence-corrected chi connectivity index (χ2v) is 7.15. The molecule has 1 saturated heterocycles. The quantitative estimate of drug-likeness (QED) is 0.932. The number of nitrogens with two attached hydrogens (primary N) is 1. The van der Waals surface area contributed by atoms with E-state index in [0.717, 1.165) is 31.2 Å². The molecule has 124 valence electrons. The Morgan fingerprint density at radius 1 is 1.22 bits per heavy atom. The van der Waals surface area contributed by atoms with E-state index < -0.39 is 5.41 Å². The van der Waals surface area contributed by atoms with Crippen LogP contribution in [0.25, 0.3) is 0 Å². The molecule has 1 aliphatic heterocycles. The summed E-state index contributed by atoms with van der Waals surface area (Å²) in [4.78, 5) is 26.7. The summed E-state index contributed by atoms with van der Waals surface area (Å²) >= 11 is 0. The molecule has 2 aliphatic rings. The summed E-state index contributed by atoms with van der Waals surface area (Å²) in [5.74, 6) is -0.266. The molecular formula is C19H26N2O2. The lowest BCUT2D eigenvalue weighted by atomic mass is 9.68. The standard InChI is InChI=1S/C19H26N2O2/c1-14-6-5-7-16(12-14)19(9-3-2-4-10-19)18(23)21-11-8-15(13-21)17(20)22/h5-7,12,15H,2-4,8-11,13H2,1H3,(H2,20,22)/t15-/m1/s1. The van der Waals surface area contributed by atoms with E-state index in [0.29, 0.717) is 19.5 Å². The highest BCUT2D eigenvalue weighted by molar-refractivity contribution is 5.89. The zero-order chi connectivity index (χ0) is 16.4. The average Bonchev–Trinajstić information content (AvgIpc) is 3.05. The van der Waals surface area contributed by atoms with Gasteiger partial charge in [0.2, 0.25) is 11.8 Å². The predicted octanol–water partition coefficient (Wildman–Crippen LogP) is 2.53. The molecule has 1 aliphatic carbocycles. The van der Waals surface area contributed by atoms with Gasteiger partial charge in [-0.05, 0) is 31.7 Å². The fraction of sp³-hybridized carbons (Fsp3) is 0.579. The van der Waals surface area contributed by atoms with E-state index in [-0.39, 0.29) is 17.7 Å². The zero-order valence-corrected chi connectivity index (χ0v) is 13.9. The van der Waals surface area contributed by atoms with Crippen LogP contribution in [0.15, 0.2) is 24.3 Å². The van der Waals surface area contributed by atoms with Crippen LogP contribution in [0, 0.1) is 12.8 Å². The number of rotatable bonds is 3. The highest BCUT2D eigenvalue weighted by Crippen LogP contribution is 2.42. The molecule has 3 rings (SSSR count). The minimum atomic E-state index is -0.406. The van der Waals surface area contributed by atoms with Gasteiger partial charge in [-0.3, -0.25) is 9.59 Å². The molecule has 0 spiro atoms. The number of carbonyl (C=O) groups is 2. The maximum absolute atomic E-state index is 13.4. The van der Waals surface area contributed by atoms with Crippen LogP contribution in [0.3, 0.4) is 0 Å². The van der Waals surface area contributed by atoms with Gasteiger partial charge in [0.05, 0.1) is 11.3 Å². The number of carbonyl (C=O) groups excluding carboxylic acids is 2. The minimum absolute atomic E-state index is 0.183. The number of hydrogen-bond donors (Lipinski definition) is 1. The number of benzene rings is 1. The van der Waals surface area contributed by atoms with Gasteiger partial charge in [0.25, 0.3) is 0 Å². The van der Waals surface area contributed by atoms with E-state index in [9.17, 15) is 9.59 Å². The fourth-order valence-corrected chi connectivity index (χ4v) is 4.20. The van der Waals surface area contributed by atoms with Crippen molar-refractivity contribution in [3.63, 3.8) is 0 Å². The van der Waals surface area contributed by atoms with Gasteiger partial charge in [-0.1, -0.05) is 49.1 Å². The first-order valence-electron chi connectivity index (χ1n) is 8.69. The molecule has 2 amide bonds. The molecule has 4 heteroatoms. The van der Waals surface area contributed by atoms with Crippen molar-refractivity contribution >= 4 is 11.8 Å². The molecule has 1 aromatic carbocycles. The van der Waals surface area contributed by atoms with Crippen molar-refractivity contribution in [2.75, 3.05) is 13.1 Å². The molecule has 2 N–H and O–H groups in total. The Balaban J connectivity index is 1.90. The van der Waals surface area contributed by atoms with Crippen LogP contribution < -0.4 is 5.73 Å². The maximum Gasteiger partial charge on any atom is 0.233 e. The van der Waals surface area contributed by atoms with Crippen LogP contribution in [-0.4, -0.2) is 29.8 Å². The van der Waals surface area contributed by atoms with Gasteiger partial charge in [-0.15, -0.1) is 0 Å². The molecule has 1 saturated carbocycles. The van der Waals surface area contributed by atoms with E-state index in [2.05, 4.69) is 25.1 Å². The average molecular weight is 314 g/mol. The number of nitrogens with zero attached hydrogens (tertiary/aromatic N) is 1. The van der Waals surface area contributed by atoms with Crippen molar-refractivity contribution in [3.8, 4) is 0 Å². The summed E-state index contributed by atoms with van der Waals surface area (Å²) in [7, 11) is 0. The number of aryl methyl sites for hydroxylation is 1. The molecule has 2 fully saturated rings. The Labute approximate surface area is 138 Å². The van der Waals surface area contributed by atoms with Crippen molar-refractivity contribution < 1.29 is 9.59 Å². The van der Waals surface area contributed by atoms with Crippen LogP contribution in [-0.2, 0) is 15.0 Å². The van der Waals surface area contributed by atoms with Crippen molar-refractivity contribution in [1.82, 2.24) is 4.90 Å². The highest BCUT2D eigenvalue weighted by Gasteiger charge is 2.45. The van der Waals surface area contributed by atoms with Gasteiger partial charge in [0.15, 0.2) is 0 Å². The first-order chi connectivity index (χ1) is 11.0. The molecule has 4 nitrogen and oxygen atoms in total. The normalized spacial score (nSPS) is 23.7. The topological polar surface area (TPSA) is 63.4 Å². The molecule has 0 bridgehead atoms. The summed E-state index contributed by atoms with van der Waals surface area (Å²) in [6.45, 7) is 3.21. The summed E-state index contributed by atoms with van der Waals surface area (Å²) in [6, 6.07) is 8.37. The Hall–Kier alpha value is -1.84. The smallest absolute Gasteiger partial charge is 0.233 e. The number of primary amides is 1. The monoisotopic (exact) mass is 314 g/mol. The second kappa shape index (κ2) is 6.34. The Kier molecular flexibility index (Phi) is 4.42. The van der Waals surface area contributed by atoms with E-state index >= 15 is 0 Å². The molecule has 1 heterocycles. The van der Waals surface area contributed by atoms with Crippen molar-refractivity contribution in [1.29, 1.82) is 0 Å². The van der Waals surface area contributed by atoms with Gasteiger partial charge in [0.1, 0.15) is 0 Å². The second-order valence-electron chi connectivity index (χ2n) is 7.15. The van der Waals surface area contributed by atoms with Crippen LogP contribution >= 0.6 is 0 Å². The number of likely N-dealkylation sites (tertiary alicyclic amines) is 1. The third kappa shape index (κ3) is 2.99. The lowest BCUT2D eigenvalue weighted by Crippen LogP contribution is -2.47. The number of hydrogen-bond acceptors (Lipinski definition) is 2. The Bertz CT molecular complexity index is 605. The van der Waals surface area contributed by atoms with E-state index in [1.165, 1.54) is 12.0 Å². The third-order valence-corrected chi connectivity index (χ3v) is 5.56. The van der Waals surface area contributed by atoms with E-state index in [1.54, 1.807) is 0 Å². The SMILES string of the molecule is Cc1cccc(C2(C(=O)N3CC[C@@H](C(N)=O)C3)CCCCC2)c1. The molecule has 1 atom stereocenters. The maximum atomic E-state index is 13.4. The molecule has 0 unspecified atom stereocenters. The molecule has 1 aromatic rings. The van der Waals surface area contributed by atoms with Gasteiger partial charge >= 0.3 is 0 Å². The van der Waals surface area contributed by atoms with Crippen LogP contribution in [0.5, 0.6) is 0 Å².